The van der Waals surface area contributed by atoms with Crippen molar-refractivity contribution < 1.29 is 29.0 Å². The molecule has 0 aromatic rings. The quantitative estimate of drug-likeness (QED) is 0.335. The second kappa shape index (κ2) is 6.69. The van der Waals surface area contributed by atoms with Gasteiger partial charge >= 0.3 is 16.1 Å². The van der Waals surface area contributed by atoms with Gasteiger partial charge in [0.25, 0.3) is 0 Å². The maximum atomic E-state index is 10.3. The molecule has 0 saturated carbocycles. The molecule has 7 nitrogen and oxygen atoms in total. The minimum atomic E-state index is -2.19. The molecular formula is C2H7NO6P2+2. The van der Waals surface area contributed by atoms with Crippen LogP contribution in [0.15, 0.2) is 0 Å². The lowest BCUT2D eigenvalue weighted by molar-refractivity contribution is -0.131. The molecule has 0 fully saturated rings. The Hall–Kier alpha value is -0.0000000000000000416. The van der Waals surface area contributed by atoms with Crippen LogP contribution in [0.2, 0.25) is 0 Å². The third-order valence-electron chi connectivity index (χ3n) is 0.664. The van der Waals surface area contributed by atoms with Crippen LogP contribution in [0.5, 0.6) is 0 Å². The fourth-order valence-electron chi connectivity index (χ4n) is 0.290. The Morgan fingerprint density at radius 2 is 1.45 bits per heavy atom. The van der Waals surface area contributed by atoms with Gasteiger partial charge in [-0.3, -0.25) is 0 Å². The first kappa shape index (κ1) is 11.0. The summed E-state index contributed by atoms with van der Waals surface area (Å²) in [6.07, 6.45) is -0.313. The number of nitrogens with one attached hydrogen (secondary N) is 1. The Morgan fingerprint density at radius 3 is 1.73 bits per heavy atom. The average Bonchev–Trinajstić information content (AvgIpc) is 2.04. The van der Waals surface area contributed by atoms with Crippen LogP contribution < -0.4 is 5.32 Å². The van der Waals surface area contributed by atoms with Crippen molar-refractivity contribution in [3.05, 3.63) is 0 Å². The van der Waals surface area contributed by atoms with E-state index in [1.807, 2.05) is 0 Å². The normalized spacial score (nSPS) is 12.9. The maximum Gasteiger partial charge on any atom is 0.555 e. The van der Waals surface area contributed by atoms with Crippen molar-refractivity contribution in [3.63, 3.8) is 0 Å². The highest BCUT2D eigenvalue weighted by Crippen LogP contribution is 2.20. The van der Waals surface area contributed by atoms with Gasteiger partial charge in [-0.15, -0.1) is 0 Å². The first-order chi connectivity index (χ1) is 5.20. The molecule has 0 heterocycles. The van der Waals surface area contributed by atoms with E-state index in [0.717, 1.165) is 0 Å². The van der Waals surface area contributed by atoms with Gasteiger partial charge in [-0.1, -0.05) is 0 Å². The molecule has 0 radical (unpaired) electrons. The van der Waals surface area contributed by atoms with Crippen molar-refractivity contribution in [1.29, 1.82) is 0 Å². The molecule has 9 heteroatoms. The van der Waals surface area contributed by atoms with Crippen molar-refractivity contribution in [2.75, 3.05) is 12.6 Å². The highest BCUT2D eigenvalue weighted by Gasteiger charge is 2.22. The Bertz CT molecular complexity index is 134. The zero-order valence-electron chi connectivity index (χ0n) is 5.34. The van der Waals surface area contributed by atoms with Gasteiger partial charge in [0, 0.05) is 9.35 Å². The second-order valence-electron chi connectivity index (χ2n) is 1.39. The lowest BCUT2D eigenvalue weighted by Gasteiger charge is -1.81. The lowest BCUT2D eigenvalue weighted by atomic mass is 11.2. The number of hydrogen-bond donors (Lipinski definition) is 3. The van der Waals surface area contributed by atoms with Gasteiger partial charge in [-0.25, -0.2) is 15.8 Å². The van der Waals surface area contributed by atoms with Crippen LogP contribution in [0.25, 0.3) is 0 Å². The van der Waals surface area contributed by atoms with Gasteiger partial charge in [0.15, 0.2) is 0 Å². The van der Waals surface area contributed by atoms with E-state index < -0.39 is 16.1 Å². The molecule has 2 unspecified atom stereocenters. The molecule has 0 aliphatic heterocycles. The van der Waals surface area contributed by atoms with Crippen LogP contribution in [0.4, 0.5) is 0 Å². The van der Waals surface area contributed by atoms with Gasteiger partial charge < -0.3 is 0 Å². The fraction of sp³-hybridized carbons (Fsp3) is 1.00. The van der Waals surface area contributed by atoms with E-state index in [9.17, 15) is 9.13 Å². The van der Waals surface area contributed by atoms with E-state index >= 15 is 0 Å². The minimum Gasteiger partial charge on any atom is -0.229 e. The van der Waals surface area contributed by atoms with Crippen molar-refractivity contribution in [2.24, 2.45) is 0 Å². The number of hydrogen-bond acceptors (Lipinski definition) is 7. The van der Waals surface area contributed by atoms with Crippen LogP contribution in [-0.4, -0.2) is 23.1 Å². The molecule has 0 rings (SSSR count). The standard InChI is InChI=1S/C2H5NO6P2/c4-8-10(6)1-3-2-11(7)9-5/h3H,1-2H2/p+2. The predicted octanol–water partition coefficient (Wildman–Crippen LogP) is 0.955. The highest BCUT2D eigenvalue weighted by atomic mass is 31.1. The van der Waals surface area contributed by atoms with Gasteiger partial charge in [0.1, 0.15) is 0 Å². The third-order valence-corrected chi connectivity index (χ3v) is 1.99. The molecule has 0 aromatic carbocycles. The summed E-state index contributed by atoms with van der Waals surface area (Å²) in [7, 11) is -4.37. The van der Waals surface area contributed by atoms with E-state index in [-0.39, 0.29) is 12.6 Å². The Kier molecular flexibility index (Phi) is 6.69. The fourth-order valence-corrected chi connectivity index (χ4v) is 1.17. The number of rotatable bonds is 6. The van der Waals surface area contributed by atoms with Crippen molar-refractivity contribution >= 4 is 16.1 Å². The second-order valence-corrected chi connectivity index (χ2v) is 3.68. The molecule has 0 aromatic heterocycles. The van der Waals surface area contributed by atoms with Crippen LogP contribution in [0.1, 0.15) is 0 Å². The van der Waals surface area contributed by atoms with Crippen molar-refractivity contribution in [3.8, 4) is 0 Å². The van der Waals surface area contributed by atoms with Gasteiger partial charge in [0.2, 0.25) is 12.6 Å². The molecule has 0 aliphatic carbocycles. The summed E-state index contributed by atoms with van der Waals surface area (Å²) in [5.41, 5.74) is 0. The first-order valence-corrected chi connectivity index (χ1v) is 5.16. The summed E-state index contributed by atoms with van der Waals surface area (Å²) in [6, 6.07) is 0. The molecule has 2 atom stereocenters. The van der Waals surface area contributed by atoms with Crippen LogP contribution in [-0.2, 0) is 18.5 Å². The van der Waals surface area contributed by atoms with Crippen LogP contribution in [0.3, 0.4) is 0 Å². The highest BCUT2D eigenvalue weighted by molar-refractivity contribution is 7.39. The Labute approximate surface area is 63.9 Å². The summed E-state index contributed by atoms with van der Waals surface area (Å²) in [6.45, 7) is 0. The van der Waals surface area contributed by atoms with Gasteiger partial charge in [0.05, 0.1) is 0 Å². The van der Waals surface area contributed by atoms with Crippen molar-refractivity contribution in [2.45, 2.75) is 0 Å². The Balaban J connectivity index is 3.27. The molecular weight excluding hydrogens is 196 g/mol. The molecule has 0 spiro atoms. The molecule has 0 bridgehead atoms. The van der Waals surface area contributed by atoms with E-state index in [4.69, 9.17) is 10.5 Å². The molecule has 0 saturated heterocycles. The maximum absolute atomic E-state index is 10.3. The summed E-state index contributed by atoms with van der Waals surface area (Å²) in [5.74, 6) is 0. The molecule has 0 amide bonds. The van der Waals surface area contributed by atoms with Crippen LogP contribution in [0, 0.1) is 0 Å². The predicted molar refractivity (Wildman–Crippen MR) is 35.5 cm³/mol. The summed E-state index contributed by atoms with van der Waals surface area (Å²) >= 11 is 0. The van der Waals surface area contributed by atoms with Crippen LogP contribution >= 0.6 is 16.1 Å². The molecule has 11 heavy (non-hydrogen) atoms. The van der Waals surface area contributed by atoms with Crippen molar-refractivity contribution in [1.82, 2.24) is 5.32 Å². The summed E-state index contributed by atoms with van der Waals surface area (Å²) < 4.78 is 27.4. The van der Waals surface area contributed by atoms with E-state index in [0.29, 0.717) is 0 Å². The minimum absolute atomic E-state index is 0.156. The largest absolute Gasteiger partial charge is 0.555 e. The van der Waals surface area contributed by atoms with E-state index in [1.54, 1.807) is 0 Å². The molecule has 3 N–H and O–H groups in total. The smallest absolute Gasteiger partial charge is 0.229 e. The lowest BCUT2D eigenvalue weighted by Crippen LogP contribution is -2.11. The third kappa shape index (κ3) is 6.40. The zero-order chi connectivity index (χ0) is 8.69. The zero-order valence-corrected chi connectivity index (χ0v) is 7.12. The summed E-state index contributed by atoms with van der Waals surface area (Å²) in [4.78, 5) is 0. The SMILES string of the molecule is O=[P+](CNC[P+](=O)OO)OO. The van der Waals surface area contributed by atoms with Gasteiger partial charge in [-0.2, -0.15) is 0 Å². The topological polar surface area (TPSA) is 105 Å². The van der Waals surface area contributed by atoms with E-state index in [2.05, 4.69) is 14.7 Å². The molecule has 64 valence electrons. The molecule has 0 aliphatic rings. The van der Waals surface area contributed by atoms with Gasteiger partial charge in [-0.05, 0) is 9.13 Å². The Morgan fingerprint density at radius 1 is 1.09 bits per heavy atom. The van der Waals surface area contributed by atoms with E-state index in [1.165, 1.54) is 0 Å². The first-order valence-electron chi connectivity index (χ1n) is 2.44. The summed E-state index contributed by atoms with van der Waals surface area (Å²) in [5, 5.41) is 17.9. The monoisotopic (exact) mass is 203 g/mol. The average molecular weight is 203 g/mol.